The molecule has 0 unspecified atom stereocenters. The van der Waals surface area contributed by atoms with E-state index in [9.17, 15) is 4.79 Å². The third kappa shape index (κ3) is 2.39. The van der Waals surface area contributed by atoms with Crippen LogP contribution in [0.1, 0.15) is 18.1 Å². The zero-order valence-corrected chi connectivity index (χ0v) is 10.3. The van der Waals surface area contributed by atoms with Crippen molar-refractivity contribution in [3.05, 3.63) is 71.8 Å². The molecule has 2 aromatic carbocycles. The molecule has 0 N–H and O–H groups in total. The van der Waals surface area contributed by atoms with Gasteiger partial charge in [0.1, 0.15) is 0 Å². The quantitative estimate of drug-likeness (QED) is 0.592. The largest absolute Gasteiger partial charge is 0.234 e. The van der Waals surface area contributed by atoms with E-state index in [4.69, 9.17) is 0 Å². The van der Waals surface area contributed by atoms with Crippen molar-refractivity contribution in [2.45, 2.75) is 12.3 Å². The molecule has 0 radical (unpaired) electrons. The van der Waals surface area contributed by atoms with Gasteiger partial charge in [0.25, 0.3) is 0 Å². The van der Waals surface area contributed by atoms with Gasteiger partial charge in [-0.2, -0.15) is 0 Å². The van der Waals surface area contributed by atoms with Crippen molar-refractivity contribution in [2.24, 2.45) is 4.99 Å². The number of hydrogen-bond acceptors (Lipinski definition) is 2. The molecule has 0 bridgehead atoms. The van der Waals surface area contributed by atoms with Crippen LogP contribution < -0.4 is 0 Å². The first-order valence-electron chi connectivity index (χ1n) is 5.92. The molecule has 18 heavy (non-hydrogen) atoms. The van der Waals surface area contributed by atoms with Crippen molar-refractivity contribution in [2.75, 3.05) is 6.54 Å². The van der Waals surface area contributed by atoms with E-state index in [1.165, 1.54) is 0 Å². The van der Waals surface area contributed by atoms with Gasteiger partial charge in [0.15, 0.2) is 0 Å². The molecule has 0 saturated heterocycles. The third-order valence-electron chi connectivity index (χ3n) is 3.28. The average molecular weight is 237 g/mol. The Balaban J connectivity index is 2.51. The van der Waals surface area contributed by atoms with Crippen LogP contribution >= 0.6 is 0 Å². The third-order valence-corrected chi connectivity index (χ3v) is 3.28. The van der Waals surface area contributed by atoms with Gasteiger partial charge in [-0.1, -0.05) is 60.7 Å². The highest BCUT2D eigenvalue weighted by molar-refractivity contribution is 5.41. The van der Waals surface area contributed by atoms with Crippen molar-refractivity contribution in [1.82, 2.24) is 0 Å². The molecule has 0 aliphatic heterocycles. The maximum Gasteiger partial charge on any atom is 0.234 e. The summed E-state index contributed by atoms with van der Waals surface area (Å²) in [6.07, 6.45) is 1.64. The van der Waals surface area contributed by atoms with Crippen LogP contribution in [-0.2, 0) is 10.2 Å². The Hall–Kier alpha value is -2.18. The number of benzene rings is 2. The SMILES string of the molecule is CC(CN=C=O)(c1ccccc1)c1ccccc1. The Morgan fingerprint density at radius 1 is 0.944 bits per heavy atom. The minimum atomic E-state index is -0.292. The van der Waals surface area contributed by atoms with E-state index in [1.807, 2.05) is 36.4 Å². The number of nitrogens with zero attached hydrogens (tertiary/aromatic N) is 1. The summed E-state index contributed by atoms with van der Waals surface area (Å²) in [4.78, 5) is 14.2. The molecule has 0 aromatic heterocycles. The zero-order valence-electron chi connectivity index (χ0n) is 10.3. The predicted molar refractivity (Wildman–Crippen MR) is 72.3 cm³/mol. The van der Waals surface area contributed by atoms with Crippen LogP contribution in [0.3, 0.4) is 0 Å². The number of hydrogen-bond donors (Lipinski definition) is 0. The van der Waals surface area contributed by atoms with Gasteiger partial charge in [-0.25, -0.2) is 9.79 Å². The second-order valence-corrected chi connectivity index (χ2v) is 4.47. The number of carbonyl (C=O) groups excluding carboxylic acids is 1. The minimum Gasteiger partial charge on any atom is -0.211 e. The Labute approximate surface area is 107 Å². The van der Waals surface area contributed by atoms with E-state index in [-0.39, 0.29) is 5.41 Å². The fourth-order valence-corrected chi connectivity index (χ4v) is 2.15. The highest BCUT2D eigenvalue weighted by atomic mass is 16.1. The smallest absolute Gasteiger partial charge is 0.211 e. The van der Waals surface area contributed by atoms with Crippen molar-refractivity contribution in [3.8, 4) is 0 Å². The van der Waals surface area contributed by atoms with Crippen LogP contribution in [-0.4, -0.2) is 12.6 Å². The number of isocyanates is 1. The first-order valence-corrected chi connectivity index (χ1v) is 5.92. The zero-order chi connectivity index (χ0) is 12.8. The second kappa shape index (κ2) is 5.44. The highest BCUT2D eigenvalue weighted by Crippen LogP contribution is 2.31. The molecule has 0 aliphatic rings. The summed E-state index contributed by atoms with van der Waals surface area (Å²) < 4.78 is 0. The summed E-state index contributed by atoms with van der Waals surface area (Å²) >= 11 is 0. The van der Waals surface area contributed by atoms with Gasteiger partial charge in [-0.15, -0.1) is 0 Å². The lowest BCUT2D eigenvalue weighted by atomic mass is 9.76. The van der Waals surface area contributed by atoms with Gasteiger partial charge >= 0.3 is 0 Å². The normalized spacial score (nSPS) is 10.7. The summed E-state index contributed by atoms with van der Waals surface area (Å²) in [5.74, 6) is 0. The van der Waals surface area contributed by atoms with Gasteiger partial charge in [-0.3, -0.25) is 0 Å². The molecule has 0 atom stereocenters. The average Bonchev–Trinajstić information content (AvgIpc) is 2.46. The van der Waals surface area contributed by atoms with Crippen LogP contribution in [0.15, 0.2) is 65.7 Å². The maximum atomic E-state index is 10.4. The molecule has 0 amide bonds. The number of rotatable bonds is 4. The topological polar surface area (TPSA) is 29.4 Å². The molecule has 2 rings (SSSR count). The summed E-state index contributed by atoms with van der Waals surface area (Å²) in [7, 11) is 0. The van der Waals surface area contributed by atoms with Crippen molar-refractivity contribution < 1.29 is 4.79 Å². The molecule has 2 aromatic rings. The van der Waals surface area contributed by atoms with Crippen LogP contribution in [0.5, 0.6) is 0 Å². The van der Waals surface area contributed by atoms with Gasteiger partial charge in [0.2, 0.25) is 6.08 Å². The Morgan fingerprint density at radius 2 is 1.39 bits per heavy atom. The molecular formula is C16H15NO. The Bertz CT molecular complexity index is 502. The van der Waals surface area contributed by atoms with E-state index in [0.717, 1.165) is 11.1 Å². The fraction of sp³-hybridized carbons (Fsp3) is 0.188. The monoisotopic (exact) mass is 237 g/mol. The Morgan fingerprint density at radius 3 is 1.78 bits per heavy atom. The Kier molecular flexibility index (Phi) is 3.71. The van der Waals surface area contributed by atoms with Crippen LogP contribution in [0.2, 0.25) is 0 Å². The summed E-state index contributed by atoms with van der Waals surface area (Å²) in [6.45, 7) is 2.50. The second-order valence-electron chi connectivity index (χ2n) is 4.47. The molecular weight excluding hydrogens is 222 g/mol. The van der Waals surface area contributed by atoms with E-state index in [0.29, 0.717) is 6.54 Å². The van der Waals surface area contributed by atoms with E-state index < -0.39 is 0 Å². The van der Waals surface area contributed by atoms with Crippen molar-refractivity contribution in [1.29, 1.82) is 0 Å². The van der Waals surface area contributed by atoms with Crippen LogP contribution in [0.25, 0.3) is 0 Å². The number of aliphatic imine (C=N–C) groups is 1. The molecule has 0 saturated carbocycles. The van der Waals surface area contributed by atoms with Gasteiger partial charge < -0.3 is 0 Å². The molecule has 0 heterocycles. The van der Waals surface area contributed by atoms with E-state index in [2.05, 4.69) is 36.2 Å². The molecule has 2 heteroatoms. The maximum absolute atomic E-state index is 10.4. The van der Waals surface area contributed by atoms with Crippen LogP contribution in [0, 0.1) is 0 Å². The lowest BCUT2D eigenvalue weighted by Gasteiger charge is -2.28. The lowest BCUT2D eigenvalue weighted by molar-refractivity contribution is 0.548. The van der Waals surface area contributed by atoms with Gasteiger partial charge in [0.05, 0.1) is 6.54 Å². The highest BCUT2D eigenvalue weighted by Gasteiger charge is 2.28. The summed E-state index contributed by atoms with van der Waals surface area (Å²) in [5.41, 5.74) is 2.00. The lowest BCUT2D eigenvalue weighted by Crippen LogP contribution is -2.27. The van der Waals surface area contributed by atoms with Crippen LogP contribution in [0.4, 0.5) is 0 Å². The van der Waals surface area contributed by atoms with Gasteiger partial charge in [0, 0.05) is 5.41 Å². The molecule has 0 fully saturated rings. The van der Waals surface area contributed by atoms with Crippen molar-refractivity contribution >= 4 is 6.08 Å². The summed E-state index contributed by atoms with van der Waals surface area (Å²) in [6, 6.07) is 20.2. The first-order chi connectivity index (χ1) is 8.77. The molecule has 90 valence electrons. The summed E-state index contributed by atoms with van der Waals surface area (Å²) in [5, 5.41) is 0. The van der Waals surface area contributed by atoms with E-state index in [1.54, 1.807) is 6.08 Å². The van der Waals surface area contributed by atoms with Gasteiger partial charge in [-0.05, 0) is 18.1 Å². The minimum absolute atomic E-state index is 0.292. The standard InChI is InChI=1S/C16H15NO/c1-16(12-17-13-18,14-8-4-2-5-9-14)15-10-6-3-7-11-15/h2-11H,12H2,1H3. The fourth-order valence-electron chi connectivity index (χ4n) is 2.15. The van der Waals surface area contributed by atoms with E-state index >= 15 is 0 Å². The predicted octanol–water partition coefficient (Wildman–Crippen LogP) is 3.33. The molecule has 0 aliphatic carbocycles. The van der Waals surface area contributed by atoms with Crippen molar-refractivity contribution in [3.63, 3.8) is 0 Å². The molecule has 0 spiro atoms. The molecule has 2 nitrogen and oxygen atoms in total. The first kappa shape index (κ1) is 12.3.